The molecule has 2 heterocycles. The molecule has 6 rings (SSSR count). The van der Waals surface area contributed by atoms with Gasteiger partial charge in [-0.3, -0.25) is 9.36 Å². The third kappa shape index (κ3) is 6.33. The number of imidazole rings is 1. The van der Waals surface area contributed by atoms with Gasteiger partial charge in [-0.05, 0) is 116 Å². The summed E-state index contributed by atoms with van der Waals surface area (Å²) in [5.41, 5.74) is 9.18. The van der Waals surface area contributed by atoms with Gasteiger partial charge in [0.05, 0.1) is 11.0 Å². The number of halogens is 1. The highest BCUT2D eigenvalue weighted by Gasteiger charge is 2.29. The normalized spacial score (nSPS) is 16.7. The Hall–Kier alpha value is -4.25. The number of aryl methyl sites for hydroxylation is 1. The molecular formula is C39H42FN3O. The van der Waals surface area contributed by atoms with Gasteiger partial charge in [-0.1, -0.05) is 67.3 Å². The number of carbonyl (C=O) groups is 1. The van der Waals surface area contributed by atoms with Gasteiger partial charge in [0.1, 0.15) is 5.82 Å². The molecule has 3 aromatic carbocycles. The van der Waals surface area contributed by atoms with Gasteiger partial charge in [0.25, 0.3) is 5.91 Å². The molecule has 2 aliphatic rings. The van der Waals surface area contributed by atoms with Crippen molar-refractivity contribution < 1.29 is 9.18 Å². The maximum Gasteiger partial charge on any atom is 0.253 e. The number of benzene rings is 3. The Labute approximate surface area is 260 Å². The van der Waals surface area contributed by atoms with Crippen molar-refractivity contribution in [3.05, 3.63) is 125 Å². The Morgan fingerprint density at radius 1 is 1.02 bits per heavy atom. The second-order valence-electron chi connectivity index (χ2n) is 12.5. The van der Waals surface area contributed by atoms with Crippen molar-refractivity contribution in [2.24, 2.45) is 5.92 Å². The summed E-state index contributed by atoms with van der Waals surface area (Å²) < 4.78 is 16.4. The lowest BCUT2D eigenvalue weighted by atomic mass is 9.90. The van der Waals surface area contributed by atoms with E-state index in [1.54, 1.807) is 11.5 Å². The van der Waals surface area contributed by atoms with Crippen LogP contribution in [-0.4, -0.2) is 33.4 Å². The number of likely N-dealkylation sites (tertiary alicyclic amines) is 1. The zero-order chi connectivity index (χ0) is 30.8. The number of para-hydroxylation sites is 2. The van der Waals surface area contributed by atoms with Crippen LogP contribution in [0.25, 0.3) is 22.7 Å². The van der Waals surface area contributed by atoms with Crippen molar-refractivity contribution in [1.29, 1.82) is 0 Å². The Balaban J connectivity index is 1.20. The fraction of sp³-hybridized carbons (Fsp3) is 0.333. The molecule has 0 N–H and O–H groups in total. The molecule has 1 aliphatic heterocycles. The molecule has 1 amide bonds. The van der Waals surface area contributed by atoms with Crippen LogP contribution in [0.3, 0.4) is 0 Å². The molecule has 44 heavy (non-hydrogen) atoms. The molecule has 1 saturated heterocycles. The number of aromatic nitrogens is 2. The first kappa shape index (κ1) is 29.8. The minimum atomic E-state index is -1.16. The smallest absolute Gasteiger partial charge is 0.253 e. The van der Waals surface area contributed by atoms with Gasteiger partial charge in [0.2, 0.25) is 0 Å². The average molecular weight is 588 g/mol. The highest BCUT2D eigenvalue weighted by Crippen LogP contribution is 2.37. The summed E-state index contributed by atoms with van der Waals surface area (Å²) in [6, 6.07) is 22.2. The van der Waals surface area contributed by atoms with E-state index in [4.69, 9.17) is 4.98 Å². The molecule has 4 nitrogen and oxygen atoms in total. The van der Waals surface area contributed by atoms with E-state index in [0.29, 0.717) is 18.7 Å². The summed E-state index contributed by atoms with van der Waals surface area (Å²) in [5, 5.41) is 0. The Kier molecular flexibility index (Phi) is 8.65. The Morgan fingerprint density at radius 2 is 1.80 bits per heavy atom. The zero-order valence-corrected chi connectivity index (χ0v) is 25.9. The molecule has 226 valence electrons. The molecule has 1 saturated carbocycles. The van der Waals surface area contributed by atoms with E-state index in [1.165, 1.54) is 18.4 Å². The van der Waals surface area contributed by atoms with Crippen LogP contribution in [0.15, 0.2) is 91.5 Å². The van der Waals surface area contributed by atoms with Gasteiger partial charge in [-0.2, -0.15) is 0 Å². The second-order valence-corrected chi connectivity index (χ2v) is 12.5. The Morgan fingerprint density at radius 3 is 2.50 bits per heavy atom. The number of carbonyl (C=O) groups excluding carboxylic acids is 1. The van der Waals surface area contributed by atoms with E-state index in [0.717, 1.165) is 76.3 Å². The fourth-order valence-corrected chi connectivity index (χ4v) is 6.62. The third-order valence-corrected chi connectivity index (χ3v) is 9.19. The molecule has 0 spiro atoms. The summed E-state index contributed by atoms with van der Waals surface area (Å²) in [4.78, 5) is 20.4. The third-order valence-electron chi connectivity index (χ3n) is 9.19. The van der Waals surface area contributed by atoms with Gasteiger partial charge in [-0.25, -0.2) is 9.37 Å². The summed E-state index contributed by atoms with van der Waals surface area (Å²) in [6.07, 6.45) is 9.12. The molecule has 0 radical (unpaired) electrons. The molecule has 5 heteroatoms. The molecule has 2 fully saturated rings. The number of allylic oxidation sites excluding steroid dienone is 2. The quantitative estimate of drug-likeness (QED) is 0.173. The molecule has 1 unspecified atom stereocenters. The highest BCUT2D eigenvalue weighted by molar-refractivity contribution is 5.95. The van der Waals surface area contributed by atoms with Gasteiger partial charge in [-0.15, -0.1) is 0 Å². The molecule has 0 bridgehead atoms. The molecule has 1 aromatic heterocycles. The number of rotatable bonds is 10. The molecular weight excluding hydrogens is 545 g/mol. The molecule has 1 aliphatic carbocycles. The SMILES string of the molecule is C=Cc1cccc(/C(=C/CC(=C)CC2CC2)c2ccc(C(=O)N3CCC(c4nc5ccccc5n4C(C)F)CC3)cc2C)c1. The number of fused-ring (bicyclic) bond motifs is 1. The largest absolute Gasteiger partial charge is 0.339 e. The van der Waals surface area contributed by atoms with Gasteiger partial charge < -0.3 is 4.90 Å². The summed E-state index contributed by atoms with van der Waals surface area (Å²) in [6.45, 7) is 13.2. The van der Waals surface area contributed by atoms with Crippen molar-refractivity contribution in [2.45, 2.75) is 64.6 Å². The molecule has 1 atom stereocenters. The predicted octanol–water partition coefficient (Wildman–Crippen LogP) is 9.67. The van der Waals surface area contributed by atoms with E-state index in [2.05, 4.69) is 56.5 Å². The maximum absolute atomic E-state index is 14.7. The minimum Gasteiger partial charge on any atom is -0.339 e. The topological polar surface area (TPSA) is 38.1 Å². The summed E-state index contributed by atoms with van der Waals surface area (Å²) in [5.74, 6) is 1.76. The van der Waals surface area contributed by atoms with Crippen LogP contribution in [0.2, 0.25) is 0 Å². The van der Waals surface area contributed by atoms with Crippen LogP contribution in [-0.2, 0) is 0 Å². The van der Waals surface area contributed by atoms with E-state index < -0.39 is 6.30 Å². The van der Waals surface area contributed by atoms with Crippen molar-refractivity contribution in [2.75, 3.05) is 13.1 Å². The van der Waals surface area contributed by atoms with Gasteiger partial charge >= 0.3 is 0 Å². The zero-order valence-electron chi connectivity index (χ0n) is 25.9. The first-order valence-corrected chi connectivity index (χ1v) is 15.9. The van der Waals surface area contributed by atoms with Crippen molar-refractivity contribution in [1.82, 2.24) is 14.5 Å². The van der Waals surface area contributed by atoms with Crippen LogP contribution in [0.5, 0.6) is 0 Å². The lowest BCUT2D eigenvalue weighted by Crippen LogP contribution is -2.38. The number of amides is 1. The summed E-state index contributed by atoms with van der Waals surface area (Å²) in [7, 11) is 0. The van der Waals surface area contributed by atoms with E-state index in [9.17, 15) is 9.18 Å². The van der Waals surface area contributed by atoms with Crippen molar-refractivity contribution in [3.63, 3.8) is 0 Å². The van der Waals surface area contributed by atoms with Crippen LogP contribution in [0, 0.1) is 12.8 Å². The number of alkyl halides is 1. The van der Waals surface area contributed by atoms with E-state index >= 15 is 0 Å². The monoisotopic (exact) mass is 587 g/mol. The lowest BCUT2D eigenvalue weighted by Gasteiger charge is -2.32. The number of nitrogens with zero attached hydrogens (tertiary/aromatic N) is 3. The summed E-state index contributed by atoms with van der Waals surface area (Å²) >= 11 is 0. The lowest BCUT2D eigenvalue weighted by molar-refractivity contribution is 0.0708. The first-order chi connectivity index (χ1) is 21.3. The maximum atomic E-state index is 14.7. The highest BCUT2D eigenvalue weighted by atomic mass is 19.1. The van der Waals surface area contributed by atoms with Crippen molar-refractivity contribution >= 4 is 28.6 Å². The minimum absolute atomic E-state index is 0.0439. The van der Waals surface area contributed by atoms with Gasteiger partial charge in [0, 0.05) is 24.6 Å². The van der Waals surface area contributed by atoms with E-state index in [-0.39, 0.29) is 11.8 Å². The predicted molar refractivity (Wildman–Crippen MR) is 179 cm³/mol. The fourth-order valence-electron chi connectivity index (χ4n) is 6.62. The standard InChI is InChI=1S/C39H42FN3O/c1-5-29-9-8-10-32(25-29)35(17-13-26(2)23-30-14-15-30)34-18-16-33(24-27(34)3)39(44)42-21-19-31(20-22-42)38-41-36-11-6-7-12-37(36)43(38)28(4)40/h5-12,16-18,24-25,28,30-31H,1-2,13-15,19-23H2,3-4H3/b35-17-. The van der Waals surface area contributed by atoms with E-state index in [1.807, 2.05) is 47.4 Å². The molecule has 4 aromatic rings. The van der Waals surface area contributed by atoms with Crippen molar-refractivity contribution in [3.8, 4) is 0 Å². The van der Waals surface area contributed by atoms with Crippen LogP contribution in [0.1, 0.15) is 96.1 Å². The second kappa shape index (κ2) is 12.8. The van der Waals surface area contributed by atoms with Crippen LogP contribution in [0.4, 0.5) is 4.39 Å². The van der Waals surface area contributed by atoms with Crippen LogP contribution < -0.4 is 0 Å². The average Bonchev–Trinajstić information content (AvgIpc) is 3.76. The number of hydrogen-bond acceptors (Lipinski definition) is 2. The number of piperidine rings is 1. The van der Waals surface area contributed by atoms with Gasteiger partial charge in [0.15, 0.2) is 6.30 Å². The van der Waals surface area contributed by atoms with Crippen LogP contribution >= 0.6 is 0 Å². The first-order valence-electron chi connectivity index (χ1n) is 15.9. The number of hydrogen-bond donors (Lipinski definition) is 0. The Bertz CT molecular complexity index is 1730.